The zero-order valence-electron chi connectivity index (χ0n) is 11.7. The van der Waals surface area contributed by atoms with E-state index in [1.54, 1.807) is 28.0 Å². The van der Waals surface area contributed by atoms with Crippen molar-refractivity contribution in [2.75, 3.05) is 13.1 Å². The van der Waals surface area contributed by atoms with E-state index >= 15 is 0 Å². The summed E-state index contributed by atoms with van der Waals surface area (Å²) in [6, 6.07) is 4.90. The second-order valence-corrected chi connectivity index (χ2v) is 5.67. The zero-order chi connectivity index (χ0) is 15.0. The summed E-state index contributed by atoms with van der Waals surface area (Å²) in [7, 11) is 0. The number of nitrogens with zero attached hydrogens (tertiary/aromatic N) is 2. The number of urea groups is 1. The summed E-state index contributed by atoms with van der Waals surface area (Å²) in [6.07, 6.45) is 1.12. The van der Waals surface area contributed by atoms with E-state index < -0.39 is 12.1 Å². The summed E-state index contributed by atoms with van der Waals surface area (Å²) in [5.41, 5.74) is 2.13. The van der Waals surface area contributed by atoms with Gasteiger partial charge in [-0.2, -0.15) is 0 Å². The van der Waals surface area contributed by atoms with Gasteiger partial charge in [-0.25, -0.2) is 9.59 Å². The number of carboxylic acid groups (broad SMARTS) is 1. The number of carbonyl (C=O) groups is 2. The Morgan fingerprint density at radius 2 is 1.90 bits per heavy atom. The number of fused-ring (bicyclic) bond motifs is 1. The number of β-amino-alcohol motifs (C(OH)–C–C–N with tert-alkyl or cyclic N) is 1. The Balaban J connectivity index is 1.72. The van der Waals surface area contributed by atoms with E-state index in [2.05, 4.69) is 0 Å². The first-order chi connectivity index (χ1) is 10.0. The molecule has 0 radical (unpaired) electrons. The highest BCUT2D eigenvalue weighted by molar-refractivity contribution is 5.88. The molecule has 0 spiro atoms. The fourth-order valence-corrected chi connectivity index (χ4v) is 2.99. The third-order valence-corrected chi connectivity index (χ3v) is 4.11. The molecule has 21 heavy (non-hydrogen) atoms. The Bertz CT molecular complexity index is 587. The number of hydrogen-bond acceptors (Lipinski definition) is 3. The van der Waals surface area contributed by atoms with Gasteiger partial charge in [-0.1, -0.05) is 6.07 Å². The average molecular weight is 290 g/mol. The Morgan fingerprint density at radius 3 is 2.62 bits per heavy atom. The van der Waals surface area contributed by atoms with Crippen molar-refractivity contribution in [3.05, 3.63) is 34.9 Å². The van der Waals surface area contributed by atoms with Crippen molar-refractivity contribution >= 4 is 12.0 Å². The Kier molecular flexibility index (Phi) is 3.55. The van der Waals surface area contributed by atoms with Crippen LogP contribution in [0.4, 0.5) is 4.79 Å². The molecule has 0 saturated carbocycles. The van der Waals surface area contributed by atoms with Crippen molar-refractivity contribution in [1.29, 1.82) is 0 Å². The van der Waals surface area contributed by atoms with Gasteiger partial charge in [0.15, 0.2) is 0 Å². The van der Waals surface area contributed by atoms with Gasteiger partial charge >= 0.3 is 12.0 Å². The third kappa shape index (κ3) is 2.71. The van der Waals surface area contributed by atoms with Crippen molar-refractivity contribution < 1.29 is 19.8 Å². The highest BCUT2D eigenvalue weighted by Crippen LogP contribution is 2.25. The van der Waals surface area contributed by atoms with Gasteiger partial charge < -0.3 is 20.0 Å². The molecule has 2 aliphatic rings. The van der Waals surface area contributed by atoms with E-state index in [1.165, 1.54) is 0 Å². The molecule has 1 fully saturated rings. The largest absolute Gasteiger partial charge is 0.478 e. The number of benzene rings is 1. The SMILES string of the molecule is O=C(O)c1ccc2c(c1)CN(C(=O)N1CCCC(O)C1)C2. The number of aliphatic hydroxyl groups excluding tert-OH is 1. The number of amides is 2. The van der Waals surface area contributed by atoms with Crippen LogP contribution in [0.5, 0.6) is 0 Å². The molecule has 0 aliphatic carbocycles. The lowest BCUT2D eigenvalue weighted by molar-refractivity contribution is 0.0696. The first kappa shape index (κ1) is 13.9. The normalized spacial score (nSPS) is 21.3. The van der Waals surface area contributed by atoms with Crippen LogP contribution in [0, 0.1) is 0 Å². The van der Waals surface area contributed by atoms with Crippen LogP contribution < -0.4 is 0 Å². The van der Waals surface area contributed by atoms with E-state index in [9.17, 15) is 14.7 Å². The van der Waals surface area contributed by atoms with Crippen LogP contribution in [0.25, 0.3) is 0 Å². The molecule has 2 heterocycles. The van der Waals surface area contributed by atoms with Crippen LogP contribution in [0.2, 0.25) is 0 Å². The van der Waals surface area contributed by atoms with E-state index in [0.717, 1.165) is 24.0 Å². The number of piperidine rings is 1. The maximum atomic E-state index is 12.5. The fraction of sp³-hybridized carbons (Fsp3) is 0.467. The first-order valence-electron chi connectivity index (χ1n) is 7.11. The number of aliphatic hydroxyl groups is 1. The maximum Gasteiger partial charge on any atom is 0.335 e. The highest BCUT2D eigenvalue weighted by Gasteiger charge is 2.30. The van der Waals surface area contributed by atoms with Crippen molar-refractivity contribution in [2.45, 2.75) is 32.0 Å². The van der Waals surface area contributed by atoms with Crippen molar-refractivity contribution in [1.82, 2.24) is 9.80 Å². The number of carbonyl (C=O) groups excluding carboxylic acids is 1. The van der Waals surface area contributed by atoms with E-state index in [0.29, 0.717) is 26.2 Å². The molecule has 6 heteroatoms. The molecule has 1 saturated heterocycles. The number of aromatic carboxylic acids is 1. The topological polar surface area (TPSA) is 81.1 Å². The molecule has 2 aliphatic heterocycles. The lowest BCUT2D eigenvalue weighted by Gasteiger charge is -2.33. The van der Waals surface area contributed by atoms with Gasteiger partial charge in [-0.05, 0) is 36.1 Å². The van der Waals surface area contributed by atoms with Crippen LogP contribution in [0.3, 0.4) is 0 Å². The van der Waals surface area contributed by atoms with Crippen LogP contribution in [-0.4, -0.2) is 51.2 Å². The molecule has 0 bridgehead atoms. The third-order valence-electron chi connectivity index (χ3n) is 4.11. The smallest absolute Gasteiger partial charge is 0.335 e. The summed E-state index contributed by atoms with van der Waals surface area (Å²) in [5.74, 6) is -0.957. The predicted molar refractivity (Wildman–Crippen MR) is 74.9 cm³/mol. The van der Waals surface area contributed by atoms with Gasteiger partial charge in [0, 0.05) is 26.2 Å². The minimum atomic E-state index is -0.957. The number of carboxylic acids is 1. The number of hydrogen-bond donors (Lipinski definition) is 2. The van der Waals surface area contributed by atoms with E-state index in [4.69, 9.17) is 5.11 Å². The summed E-state index contributed by atoms with van der Waals surface area (Å²) >= 11 is 0. The molecule has 6 nitrogen and oxygen atoms in total. The molecule has 1 unspecified atom stereocenters. The first-order valence-corrected chi connectivity index (χ1v) is 7.11. The standard InChI is InChI=1S/C15H18N2O4/c18-13-2-1-5-16(9-13)15(21)17-7-11-4-3-10(14(19)20)6-12(11)8-17/h3-4,6,13,18H,1-2,5,7-9H2,(H,19,20). The second-order valence-electron chi connectivity index (χ2n) is 5.67. The zero-order valence-corrected chi connectivity index (χ0v) is 11.7. The molecule has 2 amide bonds. The number of likely N-dealkylation sites (tertiary alicyclic amines) is 1. The van der Waals surface area contributed by atoms with Crippen LogP contribution in [0.1, 0.15) is 34.3 Å². The quantitative estimate of drug-likeness (QED) is 0.816. The Labute approximate surface area is 122 Å². The fourth-order valence-electron chi connectivity index (χ4n) is 2.99. The van der Waals surface area contributed by atoms with Gasteiger partial charge in [0.1, 0.15) is 0 Å². The monoisotopic (exact) mass is 290 g/mol. The van der Waals surface area contributed by atoms with E-state index in [-0.39, 0.29) is 11.6 Å². The lowest BCUT2D eigenvalue weighted by Crippen LogP contribution is -2.47. The van der Waals surface area contributed by atoms with Crippen LogP contribution in [-0.2, 0) is 13.1 Å². The van der Waals surface area contributed by atoms with Crippen molar-refractivity contribution in [3.8, 4) is 0 Å². The molecule has 2 N–H and O–H groups in total. The second kappa shape index (κ2) is 5.37. The van der Waals surface area contributed by atoms with Gasteiger partial charge in [0.25, 0.3) is 0 Å². The Morgan fingerprint density at radius 1 is 1.14 bits per heavy atom. The van der Waals surface area contributed by atoms with Gasteiger partial charge in [0.05, 0.1) is 11.7 Å². The average Bonchev–Trinajstić information content (AvgIpc) is 2.89. The lowest BCUT2D eigenvalue weighted by atomic mass is 10.1. The van der Waals surface area contributed by atoms with Crippen LogP contribution in [0.15, 0.2) is 18.2 Å². The van der Waals surface area contributed by atoms with E-state index in [1.807, 2.05) is 0 Å². The minimum Gasteiger partial charge on any atom is -0.478 e. The molecule has 1 aromatic rings. The van der Waals surface area contributed by atoms with Gasteiger partial charge in [-0.3, -0.25) is 0 Å². The predicted octanol–water partition coefficient (Wildman–Crippen LogP) is 1.28. The molecule has 112 valence electrons. The summed E-state index contributed by atoms with van der Waals surface area (Å²) in [4.78, 5) is 26.8. The molecule has 1 atom stereocenters. The highest BCUT2D eigenvalue weighted by atomic mass is 16.4. The van der Waals surface area contributed by atoms with Crippen molar-refractivity contribution in [2.24, 2.45) is 0 Å². The molecule has 1 aromatic carbocycles. The van der Waals surface area contributed by atoms with Crippen molar-refractivity contribution in [3.63, 3.8) is 0 Å². The van der Waals surface area contributed by atoms with Crippen LogP contribution >= 0.6 is 0 Å². The van der Waals surface area contributed by atoms with Gasteiger partial charge in [0.2, 0.25) is 0 Å². The molecule has 3 rings (SSSR count). The van der Waals surface area contributed by atoms with Gasteiger partial charge in [-0.15, -0.1) is 0 Å². The summed E-state index contributed by atoms with van der Waals surface area (Å²) in [6.45, 7) is 1.98. The molecule has 0 aromatic heterocycles. The molecular weight excluding hydrogens is 272 g/mol. The summed E-state index contributed by atoms with van der Waals surface area (Å²) in [5, 5.41) is 18.7. The molecular formula is C15H18N2O4. The Hall–Kier alpha value is -2.08. The summed E-state index contributed by atoms with van der Waals surface area (Å²) < 4.78 is 0. The number of rotatable bonds is 1. The minimum absolute atomic E-state index is 0.0816. The maximum absolute atomic E-state index is 12.5.